The number of rotatable bonds is 5. The third-order valence-electron chi connectivity index (χ3n) is 3.52. The van der Waals surface area contributed by atoms with E-state index in [4.69, 9.17) is 0 Å². The van der Waals surface area contributed by atoms with Crippen molar-refractivity contribution in [3.05, 3.63) is 64.1 Å². The molecule has 3 amide bonds. The van der Waals surface area contributed by atoms with Crippen LogP contribution in [0.5, 0.6) is 0 Å². The summed E-state index contributed by atoms with van der Waals surface area (Å²) in [6.07, 6.45) is 0. The van der Waals surface area contributed by atoms with E-state index in [2.05, 4.69) is 31.9 Å². The van der Waals surface area contributed by atoms with Crippen LogP contribution < -0.4 is 16.0 Å². The first-order valence-electron chi connectivity index (χ1n) is 7.61. The smallest absolute Gasteiger partial charge is 0.315 e. The van der Waals surface area contributed by atoms with Crippen molar-refractivity contribution in [2.24, 2.45) is 0 Å². The van der Waals surface area contributed by atoms with Crippen LogP contribution in [0.15, 0.2) is 53.0 Å². The Bertz CT molecular complexity index is 719. The summed E-state index contributed by atoms with van der Waals surface area (Å²) in [6.45, 7) is 3.70. The monoisotopic (exact) mass is 389 g/mol. The van der Waals surface area contributed by atoms with E-state index < -0.39 is 0 Å². The summed E-state index contributed by atoms with van der Waals surface area (Å²) in [5.41, 5.74) is 2.67. The number of anilines is 1. The Kier molecular flexibility index (Phi) is 6.37. The van der Waals surface area contributed by atoms with E-state index in [1.807, 2.05) is 62.4 Å². The zero-order valence-corrected chi connectivity index (χ0v) is 15.2. The van der Waals surface area contributed by atoms with E-state index in [1.165, 1.54) is 0 Å². The van der Waals surface area contributed by atoms with Crippen molar-refractivity contribution < 1.29 is 9.59 Å². The predicted molar refractivity (Wildman–Crippen MR) is 98.9 cm³/mol. The topological polar surface area (TPSA) is 70.2 Å². The highest BCUT2D eigenvalue weighted by Crippen LogP contribution is 2.19. The van der Waals surface area contributed by atoms with E-state index in [9.17, 15) is 9.59 Å². The average Bonchev–Trinajstić information content (AvgIpc) is 2.56. The Morgan fingerprint density at radius 3 is 2.50 bits per heavy atom. The number of carbonyl (C=O) groups is 2. The molecule has 0 saturated heterocycles. The molecule has 0 aliphatic heterocycles. The summed E-state index contributed by atoms with van der Waals surface area (Å²) in [7, 11) is 0. The van der Waals surface area contributed by atoms with Crippen molar-refractivity contribution in [3.8, 4) is 0 Å². The second-order valence-corrected chi connectivity index (χ2v) is 6.38. The summed E-state index contributed by atoms with van der Waals surface area (Å²) < 4.78 is 0.949. The quantitative estimate of drug-likeness (QED) is 0.728. The number of aryl methyl sites for hydroxylation is 1. The first-order chi connectivity index (χ1) is 11.5. The Hall–Kier alpha value is -2.34. The van der Waals surface area contributed by atoms with Gasteiger partial charge >= 0.3 is 6.03 Å². The number of nitrogens with one attached hydrogen (secondary N) is 3. The van der Waals surface area contributed by atoms with E-state index in [0.717, 1.165) is 21.3 Å². The zero-order valence-electron chi connectivity index (χ0n) is 13.6. The van der Waals surface area contributed by atoms with Gasteiger partial charge in [-0.15, -0.1) is 0 Å². The average molecular weight is 390 g/mol. The molecule has 6 heteroatoms. The highest BCUT2D eigenvalue weighted by molar-refractivity contribution is 9.10. The van der Waals surface area contributed by atoms with E-state index in [1.54, 1.807) is 0 Å². The lowest BCUT2D eigenvalue weighted by Crippen LogP contribution is -2.41. The largest absolute Gasteiger partial charge is 0.332 e. The SMILES string of the molecule is Cc1cc(Br)ccc1NC(=O)CNC(=O)N[C@@H](C)c1ccccc1. The molecule has 0 aliphatic carbocycles. The Labute approximate surface area is 150 Å². The third kappa shape index (κ3) is 5.38. The molecule has 2 aromatic rings. The molecule has 0 heterocycles. The van der Waals surface area contributed by atoms with Crippen molar-refractivity contribution >= 4 is 33.6 Å². The normalized spacial score (nSPS) is 11.5. The van der Waals surface area contributed by atoms with Crippen LogP contribution in [0.25, 0.3) is 0 Å². The van der Waals surface area contributed by atoms with Gasteiger partial charge in [0.25, 0.3) is 0 Å². The Morgan fingerprint density at radius 1 is 1.12 bits per heavy atom. The van der Waals surface area contributed by atoms with Crippen LogP contribution in [0.2, 0.25) is 0 Å². The standard InChI is InChI=1S/C18H20BrN3O2/c1-12-10-15(19)8-9-16(12)22-17(23)11-20-18(24)21-13(2)14-6-4-3-5-7-14/h3-10,13H,11H2,1-2H3,(H,22,23)(H2,20,21,24)/t13-/m0/s1. The second-order valence-electron chi connectivity index (χ2n) is 5.47. The maximum absolute atomic E-state index is 11.9. The minimum absolute atomic E-state index is 0.0944. The summed E-state index contributed by atoms with van der Waals surface area (Å²) in [4.78, 5) is 23.8. The van der Waals surface area contributed by atoms with Gasteiger partial charge in [-0.2, -0.15) is 0 Å². The van der Waals surface area contributed by atoms with Crippen LogP contribution in [0.4, 0.5) is 10.5 Å². The molecule has 0 bridgehead atoms. The van der Waals surface area contributed by atoms with Gasteiger partial charge in [0.05, 0.1) is 12.6 Å². The van der Waals surface area contributed by atoms with Crippen molar-refractivity contribution in [2.75, 3.05) is 11.9 Å². The van der Waals surface area contributed by atoms with Gasteiger partial charge in [0, 0.05) is 10.2 Å². The molecule has 0 fully saturated rings. The zero-order chi connectivity index (χ0) is 17.5. The minimum Gasteiger partial charge on any atom is -0.332 e. The summed E-state index contributed by atoms with van der Waals surface area (Å²) >= 11 is 3.38. The van der Waals surface area contributed by atoms with Gasteiger partial charge in [-0.25, -0.2) is 4.79 Å². The Balaban J connectivity index is 1.80. The van der Waals surface area contributed by atoms with Crippen LogP contribution in [0.3, 0.4) is 0 Å². The summed E-state index contributed by atoms with van der Waals surface area (Å²) in [5.74, 6) is -0.275. The van der Waals surface area contributed by atoms with Crippen molar-refractivity contribution in [3.63, 3.8) is 0 Å². The van der Waals surface area contributed by atoms with Crippen molar-refractivity contribution in [2.45, 2.75) is 19.9 Å². The van der Waals surface area contributed by atoms with Crippen LogP contribution >= 0.6 is 15.9 Å². The van der Waals surface area contributed by atoms with E-state index in [0.29, 0.717) is 0 Å². The highest BCUT2D eigenvalue weighted by atomic mass is 79.9. The van der Waals surface area contributed by atoms with Gasteiger partial charge < -0.3 is 16.0 Å². The number of hydrogen-bond acceptors (Lipinski definition) is 2. The van der Waals surface area contributed by atoms with Gasteiger partial charge in [0.2, 0.25) is 5.91 Å². The third-order valence-corrected chi connectivity index (χ3v) is 4.01. The number of hydrogen-bond donors (Lipinski definition) is 3. The first kappa shape index (κ1) is 18.0. The predicted octanol–water partition coefficient (Wildman–Crippen LogP) is 3.76. The fourth-order valence-corrected chi connectivity index (χ4v) is 2.67. The maximum atomic E-state index is 11.9. The molecule has 0 unspecified atom stereocenters. The first-order valence-corrected chi connectivity index (χ1v) is 8.40. The van der Waals surface area contributed by atoms with E-state index in [-0.39, 0.29) is 24.5 Å². The molecule has 3 N–H and O–H groups in total. The maximum Gasteiger partial charge on any atom is 0.315 e. The molecule has 126 valence electrons. The molecular formula is C18H20BrN3O2. The van der Waals surface area contributed by atoms with Crippen LogP contribution in [0.1, 0.15) is 24.1 Å². The molecule has 0 spiro atoms. The van der Waals surface area contributed by atoms with Gasteiger partial charge in [0.15, 0.2) is 0 Å². The lowest BCUT2D eigenvalue weighted by molar-refractivity contribution is -0.115. The molecule has 0 aliphatic rings. The molecule has 2 aromatic carbocycles. The number of halogens is 1. The highest BCUT2D eigenvalue weighted by Gasteiger charge is 2.11. The number of carbonyl (C=O) groups excluding carboxylic acids is 2. The molecule has 5 nitrogen and oxygen atoms in total. The Morgan fingerprint density at radius 2 is 1.83 bits per heavy atom. The fourth-order valence-electron chi connectivity index (χ4n) is 2.20. The van der Waals surface area contributed by atoms with Gasteiger partial charge in [0.1, 0.15) is 0 Å². The molecule has 24 heavy (non-hydrogen) atoms. The number of urea groups is 1. The molecule has 0 aromatic heterocycles. The number of amides is 3. The molecule has 0 radical (unpaired) electrons. The summed E-state index contributed by atoms with van der Waals surface area (Å²) in [5, 5.41) is 8.14. The van der Waals surface area contributed by atoms with E-state index >= 15 is 0 Å². The lowest BCUT2D eigenvalue weighted by atomic mass is 10.1. The molecular weight excluding hydrogens is 370 g/mol. The molecule has 0 saturated carbocycles. The molecule has 2 rings (SSSR count). The van der Waals surface area contributed by atoms with Crippen molar-refractivity contribution in [1.29, 1.82) is 0 Å². The van der Waals surface area contributed by atoms with Gasteiger partial charge in [-0.1, -0.05) is 46.3 Å². The van der Waals surface area contributed by atoms with Crippen LogP contribution in [-0.4, -0.2) is 18.5 Å². The van der Waals surface area contributed by atoms with Crippen LogP contribution in [-0.2, 0) is 4.79 Å². The summed E-state index contributed by atoms with van der Waals surface area (Å²) in [6, 6.07) is 14.7. The molecule has 1 atom stereocenters. The fraction of sp³-hybridized carbons (Fsp3) is 0.222. The lowest BCUT2D eigenvalue weighted by Gasteiger charge is -2.15. The van der Waals surface area contributed by atoms with Gasteiger partial charge in [-0.05, 0) is 43.2 Å². The van der Waals surface area contributed by atoms with Crippen molar-refractivity contribution in [1.82, 2.24) is 10.6 Å². The minimum atomic E-state index is -0.381. The second kappa shape index (κ2) is 8.49. The number of benzene rings is 2. The van der Waals surface area contributed by atoms with Gasteiger partial charge in [-0.3, -0.25) is 4.79 Å². The van der Waals surface area contributed by atoms with Crippen LogP contribution in [0, 0.1) is 6.92 Å².